The van der Waals surface area contributed by atoms with Crippen molar-refractivity contribution in [2.24, 2.45) is 0 Å². The lowest BCUT2D eigenvalue weighted by molar-refractivity contribution is 0.258. The van der Waals surface area contributed by atoms with Crippen LogP contribution in [-0.4, -0.2) is 38.1 Å². The minimum Gasteiger partial charge on any atom is -0.370 e. The zero-order valence-corrected chi connectivity index (χ0v) is 11.9. The highest BCUT2D eigenvalue weighted by molar-refractivity contribution is 5.49. The van der Waals surface area contributed by atoms with Crippen molar-refractivity contribution in [2.75, 3.05) is 32.1 Å². The molecule has 1 aliphatic rings. The first-order valence-corrected chi connectivity index (χ1v) is 6.92. The zero-order valence-electron chi connectivity index (χ0n) is 11.9. The van der Waals surface area contributed by atoms with E-state index in [0.29, 0.717) is 18.2 Å². The maximum atomic E-state index is 13.8. The number of benzene rings is 1. The zero-order chi connectivity index (χ0) is 14.0. The van der Waals surface area contributed by atoms with E-state index >= 15 is 0 Å². The Labute approximate surface area is 114 Å². The average molecular weight is 268 g/mol. The van der Waals surface area contributed by atoms with E-state index in [1.54, 1.807) is 6.92 Å². The third-order valence-electron chi connectivity index (χ3n) is 3.97. The van der Waals surface area contributed by atoms with Gasteiger partial charge in [0.15, 0.2) is 0 Å². The number of hydrogen-bond donors (Lipinski definition) is 0. The number of hydrogen-bond acceptors (Lipinski definition) is 2. The SMILES string of the molecule is CCc1c(F)cc(N2CCCC(N(C)C)C2)cc1F. The van der Waals surface area contributed by atoms with Gasteiger partial charge < -0.3 is 9.80 Å². The third-order valence-corrected chi connectivity index (χ3v) is 3.97. The topological polar surface area (TPSA) is 6.48 Å². The Morgan fingerprint density at radius 3 is 2.42 bits per heavy atom. The van der Waals surface area contributed by atoms with E-state index in [1.165, 1.54) is 12.1 Å². The molecule has 2 nitrogen and oxygen atoms in total. The van der Waals surface area contributed by atoms with E-state index in [4.69, 9.17) is 0 Å². The maximum absolute atomic E-state index is 13.8. The molecule has 1 atom stereocenters. The average Bonchev–Trinajstić information content (AvgIpc) is 2.38. The van der Waals surface area contributed by atoms with Crippen molar-refractivity contribution in [3.8, 4) is 0 Å². The van der Waals surface area contributed by atoms with Crippen LogP contribution in [0.4, 0.5) is 14.5 Å². The molecule has 1 aliphatic heterocycles. The number of rotatable bonds is 3. The van der Waals surface area contributed by atoms with E-state index in [2.05, 4.69) is 23.9 Å². The summed E-state index contributed by atoms with van der Waals surface area (Å²) in [6.07, 6.45) is 2.58. The summed E-state index contributed by atoms with van der Waals surface area (Å²) in [5.74, 6) is -0.853. The molecule has 1 saturated heterocycles. The second-order valence-corrected chi connectivity index (χ2v) is 5.45. The van der Waals surface area contributed by atoms with E-state index in [1.807, 2.05) is 0 Å². The second kappa shape index (κ2) is 5.87. The summed E-state index contributed by atoms with van der Waals surface area (Å²) in [4.78, 5) is 4.26. The van der Waals surface area contributed by atoms with Crippen LogP contribution in [0.3, 0.4) is 0 Å². The summed E-state index contributed by atoms with van der Waals surface area (Å²) in [6, 6.07) is 3.39. The lowest BCUT2D eigenvalue weighted by atomic mass is 10.0. The molecule has 0 N–H and O–H groups in total. The Hall–Kier alpha value is -1.16. The van der Waals surface area contributed by atoms with E-state index in [9.17, 15) is 8.78 Å². The Kier molecular flexibility index (Phi) is 4.40. The molecule has 1 heterocycles. The summed E-state index contributed by atoms with van der Waals surface area (Å²) in [5, 5.41) is 0. The summed E-state index contributed by atoms with van der Waals surface area (Å²) in [5.41, 5.74) is 0.851. The Bertz CT molecular complexity index is 423. The molecule has 0 amide bonds. The largest absolute Gasteiger partial charge is 0.370 e. The van der Waals surface area contributed by atoms with Crippen molar-refractivity contribution in [1.82, 2.24) is 4.90 Å². The molecule has 4 heteroatoms. The number of likely N-dealkylation sites (N-methyl/N-ethyl adjacent to an activating group) is 1. The van der Waals surface area contributed by atoms with Gasteiger partial charge in [-0.25, -0.2) is 8.78 Å². The standard InChI is InChI=1S/C15H22F2N2/c1-4-13-14(16)8-12(9-15(13)17)19-7-5-6-11(10-19)18(2)3/h8-9,11H,4-7,10H2,1-3H3. The van der Waals surface area contributed by atoms with Crippen LogP contribution < -0.4 is 4.90 Å². The molecule has 19 heavy (non-hydrogen) atoms. The van der Waals surface area contributed by atoms with Crippen molar-refractivity contribution in [2.45, 2.75) is 32.2 Å². The van der Waals surface area contributed by atoms with Crippen LogP contribution in [0.15, 0.2) is 12.1 Å². The first kappa shape index (κ1) is 14.3. The van der Waals surface area contributed by atoms with Gasteiger partial charge in [-0.1, -0.05) is 6.92 Å². The summed E-state index contributed by atoms with van der Waals surface area (Å²) in [7, 11) is 4.10. The highest BCUT2D eigenvalue weighted by atomic mass is 19.1. The lowest BCUT2D eigenvalue weighted by Crippen LogP contribution is -2.45. The molecule has 0 radical (unpaired) electrons. The van der Waals surface area contributed by atoms with Crippen LogP contribution in [0.1, 0.15) is 25.3 Å². The van der Waals surface area contributed by atoms with Crippen molar-refractivity contribution in [3.05, 3.63) is 29.3 Å². The molecule has 0 bridgehead atoms. The van der Waals surface area contributed by atoms with Gasteiger partial charge in [-0.3, -0.25) is 0 Å². The quantitative estimate of drug-likeness (QED) is 0.831. The number of anilines is 1. The predicted octanol–water partition coefficient (Wildman–Crippen LogP) is 3.06. The molecule has 0 aliphatic carbocycles. The van der Waals surface area contributed by atoms with Crippen LogP contribution in [0.5, 0.6) is 0 Å². The predicted molar refractivity (Wildman–Crippen MR) is 74.7 cm³/mol. The first-order chi connectivity index (χ1) is 9.02. The Balaban J connectivity index is 2.22. The van der Waals surface area contributed by atoms with E-state index < -0.39 is 11.6 Å². The molecule has 1 fully saturated rings. The van der Waals surface area contributed by atoms with Crippen LogP contribution in [-0.2, 0) is 6.42 Å². The molecule has 2 rings (SSSR count). The molecule has 1 unspecified atom stereocenters. The van der Waals surface area contributed by atoms with Crippen LogP contribution in [0, 0.1) is 11.6 Å². The highest BCUT2D eigenvalue weighted by Crippen LogP contribution is 2.26. The normalized spacial score (nSPS) is 20.1. The van der Waals surface area contributed by atoms with Crippen molar-refractivity contribution in [3.63, 3.8) is 0 Å². The number of nitrogens with zero attached hydrogens (tertiary/aromatic N) is 2. The van der Waals surface area contributed by atoms with Gasteiger partial charge in [0.25, 0.3) is 0 Å². The fourth-order valence-corrected chi connectivity index (χ4v) is 2.72. The van der Waals surface area contributed by atoms with Crippen LogP contribution >= 0.6 is 0 Å². The Morgan fingerprint density at radius 2 is 1.89 bits per heavy atom. The summed E-state index contributed by atoms with van der Waals surface area (Å²) >= 11 is 0. The molecular formula is C15H22F2N2. The fourth-order valence-electron chi connectivity index (χ4n) is 2.72. The van der Waals surface area contributed by atoms with Gasteiger partial charge in [-0.15, -0.1) is 0 Å². The van der Waals surface area contributed by atoms with Gasteiger partial charge in [-0.2, -0.15) is 0 Å². The van der Waals surface area contributed by atoms with Gasteiger partial charge in [0.2, 0.25) is 0 Å². The van der Waals surface area contributed by atoms with E-state index in [0.717, 1.165) is 25.9 Å². The minimum atomic E-state index is -0.426. The third kappa shape index (κ3) is 3.06. The molecule has 0 aromatic heterocycles. The maximum Gasteiger partial charge on any atom is 0.131 e. The van der Waals surface area contributed by atoms with Crippen molar-refractivity contribution < 1.29 is 8.78 Å². The molecule has 1 aromatic rings. The summed E-state index contributed by atoms with van der Waals surface area (Å²) < 4.78 is 27.7. The van der Waals surface area contributed by atoms with Crippen LogP contribution in [0.25, 0.3) is 0 Å². The summed E-state index contributed by atoms with van der Waals surface area (Å²) in [6.45, 7) is 3.47. The number of piperidine rings is 1. The Morgan fingerprint density at radius 1 is 1.26 bits per heavy atom. The molecule has 0 saturated carbocycles. The van der Waals surface area contributed by atoms with Gasteiger partial charge in [0, 0.05) is 30.4 Å². The highest BCUT2D eigenvalue weighted by Gasteiger charge is 2.23. The van der Waals surface area contributed by atoms with Crippen molar-refractivity contribution in [1.29, 1.82) is 0 Å². The number of halogens is 2. The van der Waals surface area contributed by atoms with Gasteiger partial charge in [0.1, 0.15) is 11.6 Å². The molecule has 106 valence electrons. The second-order valence-electron chi connectivity index (χ2n) is 5.45. The van der Waals surface area contributed by atoms with Gasteiger partial charge in [-0.05, 0) is 45.5 Å². The molecular weight excluding hydrogens is 246 g/mol. The van der Waals surface area contributed by atoms with Crippen LogP contribution in [0.2, 0.25) is 0 Å². The lowest BCUT2D eigenvalue weighted by Gasteiger charge is -2.37. The molecule has 1 aromatic carbocycles. The molecule has 0 spiro atoms. The van der Waals surface area contributed by atoms with Gasteiger partial charge >= 0.3 is 0 Å². The first-order valence-electron chi connectivity index (χ1n) is 6.92. The van der Waals surface area contributed by atoms with Crippen molar-refractivity contribution >= 4 is 5.69 Å². The smallest absolute Gasteiger partial charge is 0.131 e. The minimum absolute atomic E-state index is 0.185. The monoisotopic (exact) mass is 268 g/mol. The van der Waals surface area contributed by atoms with E-state index in [-0.39, 0.29) is 5.56 Å². The van der Waals surface area contributed by atoms with Gasteiger partial charge in [0.05, 0.1) is 0 Å². The fraction of sp³-hybridized carbons (Fsp3) is 0.600.